The fourth-order valence-corrected chi connectivity index (χ4v) is 3.31. The van der Waals surface area contributed by atoms with Crippen molar-refractivity contribution < 1.29 is 0 Å². The normalized spacial score (nSPS) is 25.5. The Morgan fingerprint density at radius 2 is 1.94 bits per heavy atom. The lowest BCUT2D eigenvalue weighted by molar-refractivity contribution is 0.494. The minimum atomic E-state index is 0.217. The molecule has 1 heterocycles. The number of halogens is 1. The zero-order valence-electron chi connectivity index (χ0n) is 11.5. The highest BCUT2D eigenvalue weighted by molar-refractivity contribution is 9.10. The molecule has 3 unspecified atom stereocenters. The van der Waals surface area contributed by atoms with Crippen LogP contribution >= 0.6 is 15.9 Å². The monoisotopic (exact) mass is 310 g/mol. The summed E-state index contributed by atoms with van der Waals surface area (Å²) in [6.07, 6.45) is 0.936. The van der Waals surface area contributed by atoms with Crippen LogP contribution in [0.4, 0.5) is 5.69 Å². The topological polar surface area (TPSA) is 29.3 Å². The summed E-state index contributed by atoms with van der Waals surface area (Å²) in [4.78, 5) is 2.48. The second-order valence-electron chi connectivity index (χ2n) is 5.83. The van der Waals surface area contributed by atoms with Crippen molar-refractivity contribution in [3.05, 3.63) is 28.2 Å². The summed E-state index contributed by atoms with van der Waals surface area (Å²) in [7, 11) is 0. The summed E-state index contributed by atoms with van der Waals surface area (Å²) in [6, 6.07) is 6.87. The first-order valence-electron chi connectivity index (χ1n) is 6.76. The van der Waals surface area contributed by atoms with Crippen LogP contribution < -0.4 is 10.6 Å². The Hall–Kier alpha value is -0.540. The van der Waals surface area contributed by atoms with Crippen LogP contribution in [0.1, 0.15) is 26.3 Å². The van der Waals surface area contributed by atoms with E-state index >= 15 is 0 Å². The molecule has 18 heavy (non-hydrogen) atoms. The molecule has 0 saturated carbocycles. The molecule has 0 aromatic heterocycles. The average molecular weight is 311 g/mol. The van der Waals surface area contributed by atoms with Gasteiger partial charge < -0.3 is 10.6 Å². The fourth-order valence-electron chi connectivity index (χ4n) is 2.63. The van der Waals surface area contributed by atoms with Gasteiger partial charge in [0.15, 0.2) is 0 Å². The molecule has 1 aromatic carbocycles. The van der Waals surface area contributed by atoms with Crippen molar-refractivity contribution in [2.24, 2.45) is 17.6 Å². The number of nitrogens with two attached hydrogens (primary N) is 1. The Morgan fingerprint density at radius 1 is 1.33 bits per heavy atom. The third-order valence-electron chi connectivity index (χ3n) is 3.90. The zero-order chi connectivity index (χ0) is 13.3. The zero-order valence-corrected chi connectivity index (χ0v) is 13.1. The van der Waals surface area contributed by atoms with Crippen molar-refractivity contribution >= 4 is 21.6 Å². The first-order chi connectivity index (χ1) is 8.47. The molecular formula is C15H23BrN2. The third-order valence-corrected chi connectivity index (χ3v) is 4.53. The standard InChI is InChI=1S/C15H23BrN2/c1-10-8-18(9-11(10)2)15-5-4-13(6-12(3)17)7-14(15)16/h4-5,7,10-12H,6,8-9,17H2,1-3H3. The van der Waals surface area contributed by atoms with Crippen molar-refractivity contribution in [2.45, 2.75) is 33.2 Å². The molecule has 1 saturated heterocycles. The van der Waals surface area contributed by atoms with Gasteiger partial charge in [0, 0.05) is 23.6 Å². The smallest absolute Gasteiger partial charge is 0.0511 e. The lowest BCUT2D eigenvalue weighted by atomic mass is 10.0. The summed E-state index contributed by atoms with van der Waals surface area (Å²) >= 11 is 3.70. The second-order valence-corrected chi connectivity index (χ2v) is 6.68. The Bertz CT molecular complexity index is 407. The van der Waals surface area contributed by atoms with E-state index in [1.807, 2.05) is 6.92 Å². The first-order valence-corrected chi connectivity index (χ1v) is 7.55. The summed E-state index contributed by atoms with van der Waals surface area (Å²) in [6.45, 7) is 9.04. The van der Waals surface area contributed by atoms with Crippen molar-refractivity contribution in [2.75, 3.05) is 18.0 Å². The van der Waals surface area contributed by atoms with Gasteiger partial charge in [-0.2, -0.15) is 0 Å². The molecule has 1 aromatic rings. The fraction of sp³-hybridized carbons (Fsp3) is 0.600. The average Bonchev–Trinajstić information content (AvgIpc) is 2.58. The van der Waals surface area contributed by atoms with Gasteiger partial charge in [-0.25, -0.2) is 0 Å². The van der Waals surface area contributed by atoms with Gasteiger partial charge >= 0.3 is 0 Å². The van der Waals surface area contributed by atoms with Crippen LogP contribution in [0.3, 0.4) is 0 Å². The van der Waals surface area contributed by atoms with Crippen LogP contribution in [-0.2, 0) is 6.42 Å². The minimum Gasteiger partial charge on any atom is -0.370 e. The van der Waals surface area contributed by atoms with Crippen LogP contribution in [-0.4, -0.2) is 19.1 Å². The minimum absolute atomic E-state index is 0.217. The summed E-state index contributed by atoms with van der Waals surface area (Å²) in [5, 5.41) is 0. The Kier molecular flexibility index (Phi) is 4.33. The van der Waals surface area contributed by atoms with Crippen molar-refractivity contribution in [3.8, 4) is 0 Å². The maximum Gasteiger partial charge on any atom is 0.0511 e. The summed E-state index contributed by atoms with van der Waals surface area (Å²) in [5.74, 6) is 1.56. The van der Waals surface area contributed by atoms with E-state index in [1.54, 1.807) is 0 Å². The highest BCUT2D eigenvalue weighted by atomic mass is 79.9. The van der Waals surface area contributed by atoms with Gasteiger partial charge in [-0.3, -0.25) is 0 Å². The maximum absolute atomic E-state index is 5.85. The molecule has 3 atom stereocenters. The number of nitrogens with zero attached hydrogens (tertiary/aromatic N) is 1. The van der Waals surface area contributed by atoms with E-state index in [1.165, 1.54) is 15.7 Å². The van der Waals surface area contributed by atoms with E-state index in [0.29, 0.717) is 0 Å². The van der Waals surface area contributed by atoms with Crippen LogP contribution in [0, 0.1) is 11.8 Å². The van der Waals surface area contributed by atoms with Crippen molar-refractivity contribution in [1.82, 2.24) is 0 Å². The van der Waals surface area contributed by atoms with E-state index in [0.717, 1.165) is 31.3 Å². The predicted octanol–water partition coefficient (Wildman–Crippen LogP) is 3.43. The molecular weight excluding hydrogens is 288 g/mol. The molecule has 2 nitrogen and oxygen atoms in total. The molecule has 1 aliphatic heterocycles. The van der Waals surface area contributed by atoms with Crippen LogP contribution in [0.15, 0.2) is 22.7 Å². The van der Waals surface area contributed by atoms with Crippen LogP contribution in [0.25, 0.3) is 0 Å². The van der Waals surface area contributed by atoms with E-state index in [-0.39, 0.29) is 6.04 Å². The van der Waals surface area contributed by atoms with Crippen molar-refractivity contribution in [1.29, 1.82) is 0 Å². The number of hydrogen-bond donors (Lipinski definition) is 1. The summed E-state index contributed by atoms with van der Waals surface area (Å²) < 4.78 is 1.20. The Morgan fingerprint density at radius 3 is 2.44 bits per heavy atom. The van der Waals surface area contributed by atoms with E-state index in [2.05, 4.69) is 52.9 Å². The molecule has 0 spiro atoms. The van der Waals surface area contributed by atoms with Crippen LogP contribution in [0.2, 0.25) is 0 Å². The molecule has 0 radical (unpaired) electrons. The SMILES string of the molecule is CC(N)Cc1ccc(N2CC(C)C(C)C2)c(Br)c1. The van der Waals surface area contributed by atoms with Crippen molar-refractivity contribution in [3.63, 3.8) is 0 Å². The Labute approximate surface area is 119 Å². The highest BCUT2D eigenvalue weighted by Gasteiger charge is 2.27. The lowest BCUT2D eigenvalue weighted by Gasteiger charge is -2.21. The molecule has 2 rings (SSSR count). The van der Waals surface area contributed by atoms with Crippen LogP contribution in [0.5, 0.6) is 0 Å². The molecule has 1 aliphatic rings. The van der Waals surface area contributed by atoms with E-state index in [4.69, 9.17) is 5.73 Å². The maximum atomic E-state index is 5.85. The van der Waals surface area contributed by atoms with Gasteiger partial charge in [0.05, 0.1) is 5.69 Å². The largest absolute Gasteiger partial charge is 0.370 e. The quantitative estimate of drug-likeness (QED) is 0.926. The molecule has 1 fully saturated rings. The van der Waals surface area contributed by atoms with E-state index < -0.39 is 0 Å². The number of rotatable bonds is 3. The van der Waals surface area contributed by atoms with Gasteiger partial charge in [-0.15, -0.1) is 0 Å². The number of benzene rings is 1. The van der Waals surface area contributed by atoms with Gasteiger partial charge in [0.1, 0.15) is 0 Å². The highest BCUT2D eigenvalue weighted by Crippen LogP contribution is 2.33. The number of hydrogen-bond acceptors (Lipinski definition) is 2. The summed E-state index contributed by atoms with van der Waals surface area (Å²) in [5.41, 5.74) is 8.47. The third kappa shape index (κ3) is 3.07. The first kappa shape index (κ1) is 13.9. The molecule has 100 valence electrons. The molecule has 0 bridgehead atoms. The molecule has 3 heteroatoms. The van der Waals surface area contributed by atoms with Gasteiger partial charge in [-0.1, -0.05) is 19.9 Å². The second kappa shape index (κ2) is 5.62. The molecule has 2 N–H and O–H groups in total. The lowest BCUT2D eigenvalue weighted by Crippen LogP contribution is -2.20. The van der Waals surface area contributed by atoms with Gasteiger partial charge in [0.2, 0.25) is 0 Å². The van der Waals surface area contributed by atoms with Gasteiger partial charge in [-0.05, 0) is 58.8 Å². The Balaban J connectivity index is 2.15. The molecule has 0 amide bonds. The predicted molar refractivity (Wildman–Crippen MR) is 82.0 cm³/mol. The van der Waals surface area contributed by atoms with Gasteiger partial charge in [0.25, 0.3) is 0 Å². The molecule has 0 aliphatic carbocycles. The number of anilines is 1. The van der Waals surface area contributed by atoms with E-state index in [9.17, 15) is 0 Å².